The van der Waals surface area contributed by atoms with Gasteiger partial charge < -0.3 is 4.90 Å². The highest BCUT2D eigenvalue weighted by atomic mass is 32.2. The normalized spacial score (nSPS) is 11.3. The number of hydrogen-bond acceptors (Lipinski definition) is 4. The van der Waals surface area contributed by atoms with Crippen molar-refractivity contribution in [2.75, 3.05) is 13.7 Å². The quantitative estimate of drug-likeness (QED) is 0.763. The molecule has 0 aliphatic heterocycles. The van der Waals surface area contributed by atoms with Gasteiger partial charge in [0.25, 0.3) is 15.9 Å². The first-order chi connectivity index (χ1) is 11.9. The molecule has 0 spiro atoms. The highest BCUT2D eigenvalue weighted by Crippen LogP contribution is 2.14. The summed E-state index contributed by atoms with van der Waals surface area (Å²) in [7, 11) is -2.58. The number of rotatable bonds is 7. The van der Waals surface area contributed by atoms with E-state index >= 15 is 0 Å². The Morgan fingerprint density at radius 1 is 1.20 bits per heavy atom. The standard InChI is InChI=1S/C17H19FN2O4S/c1-3-20(12-13-5-4-6-15(18)11-13)17(21)14-7-9-16(10-8-14)25(22,23)19-24-2/h4-11,19H,3,12H2,1-2H3. The van der Waals surface area contributed by atoms with Crippen LogP contribution < -0.4 is 4.89 Å². The van der Waals surface area contributed by atoms with Gasteiger partial charge in [0.2, 0.25) is 0 Å². The van der Waals surface area contributed by atoms with Crippen LogP contribution in [-0.2, 0) is 21.4 Å². The van der Waals surface area contributed by atoms with Gasteiger partial charge in [-0.05, 0) is 48.9 Å². The Hall–Kier alpha value is -2.29. The molecule has 25 heavy (non-hydrogen) atoms. The predicted octanol–water partition coefficient (Wildman–Crippen LogP) is 2.33. The lowest BCUT2D eigenvalue weighted by atomic mass is 10.1. The summed E-state index contributed by atoms with van der Waals surface area (Å²) in [5, 5.41) is 0. The molecule has 6 nitrogen and oxygen atoms in total. The number of benzene rings is 2. The third-order valence-corrected chi connectivity index (χ3v) is 4.81. The zero-order valence-corrected chi connectivity index (χ0v) is 14.7. The molecule has 0 atom stereocenters. The number of carbonyl (C=O) groups is 1. The Bertz CT molecular complexity index is 838. The van der Waals surface area contributed by atoms with E-state index in [1.54, 1.807) is 17.0 Å². The van der Waals surface area contributed by atoms with E-state index in [9.17, 15) is 17.6 Å². The van der Waals surface area contributed by atoms with E-state index < -0.39 is 10.0 Å². The van der Waals surface area contributed by atoms with Gasteiger partial charge in [0, 0.05) is 18.7 Å². The van der Waals surface area contributed by atoms with Crippen LogP contribution in [0.4, 0.5) is 4.39 Å². The predicted molar refractivity (Wildman–Crippen MR) is 90.6 cm³/mol. The van der Waals surface area contributed by atoms with Crippen LogP contribution in [0, 0.1) is 5.82 Å². The van der Waals surface area contributed by atoms with Crippen molar-refractivity contribution in [2.24, 2.45) is 0 Å². The van der Waals surface area contributed by atoms with Gasteiger partial charge in [0.15, 0.2) is 0 Å². The number of sulfonamides is 1. The fourth-order valence-corrected chi connectivity index (χ4v) is 3.11. The Balaban J connectivity index is 2.17. The molecule has 0 bridgehead atoms. The van der Waals surface area contributed by atoms with Crippen LogP contribution in [0.15, 0.2) is 53.4 Å². The highest BCUT2D eigenvalue weighted by Gasteiger charge is 2.17. The first-order valence-electron chi connectivity index (χ1n) is 7.56. The van der Waals surface area contributed by atoms with E-state index in [1.807, 2.05) is 11.8 Å². The molecule has 2 rings (SSSR count). The van der Waals surface area contributed by atoms with Crippen molar-refractivity contribution < 1.29 is 22.4 Å². The van der Waals surface area contributed by atoms with Crippen molar-refractivity contribution in [2.45, 2.75) is 18.4 Å². The summed E-state index contributed by atoms with van der Waals surface area (Å²) >= 11 is 0. The molecule has 0 radical (unpaired) electrons. The highest BCUT2D eigenvalue weighted by molar-refractivity contribution is 7.89. The second-order valence-corrected chi connectivity index (χ2v) is 6.91. The van der Waals surface area contributed by atoms with Crippen molar-refractivity contribution in [1.29, 1.82) is 0 Å². The lowest BCUT2D eigenvalue weighted by molar-refractivity contribution is 0.0752. The minimum absolute atomic E-state index is 0.0147. The minimum atomic E-state index is -3.77. The molecule has 0 fully saturated rings. The molecule has 134 valence electrons. The van der Waals surface area contributed by atoms with Crippen LogP contribution in [0.3, 0.4) is 0 Å². The van der Waals surface area contributed by atoms with E-state index in [4.69, 9.17) is 0 Å². The summed E-state index contributed by atoms with van der Waals surface area (Å²) < 4.78 is 36.9. The molecule has 2 aromatic rings. The van der Waals surface area contributed by atoms with Gasteiger partial charge in [-0.2, -0.15) is 0 Å². The van der Waals surface area contributed by atoms with Crippen LogP contribution >= 0.6 is 0 Å². The van der Waals surface area contributed by atoms with Gasteiger partial charge in [0.1, 0.15) is 5.82 Å². The number of nitrogens with zero attached hydrogens (tertiary/aromatic N) is 1. The van der Waals surface area contributed by atoms with Gasteiger partial charge in [-0.15, -0.1) is 0 Å². The summed E-state index contributed by atoms with van der Waals surface area (Å²) in [5.41, 5.74) is 1.02. The minimum Gasteiger partial charge on any atom is -0.335 e. The monoisotopic (exact) mass is 366 g/mol. The van der Waals surface area contributed by atoms with E-state index in [0.29, 0.717) is 17.7 Å². The first-order valence-corrected chi connectivity index (χ1v) is 9.04. The van der Waals surface area contributed by atoms with Crippen molar-refractivity contribution in [3.05, 3.63) is 65.5 Å². The molecule has 0 heterocycles. The number of nitrogens with one attached hydrogen (secondary N) is 1. The molecule has 0 aromatic heterocycles. The van der Waals surface area contributed by atoms with Crippen LogP contribution in [0.5, 0.6) is 0 Å². The largest absolute Gasteiger partial charge is 0.335 e. The Kier molecular flexibility index (Phi) is 6.24. The van der Waals surface area contributed by atoms with Crippen molar-refractivity contribution in [3.8, 4) is 0 Å². The van der Waals surface area contributed by atoms with Crippen LogP contribution in [-0.4, -0.2) is 32.9 Å². The topological polar surface area (TPSA) is 75.7 Å². The fourth-order valence-electron chi connectivity index (χ4n) is 2.30. The van der Waals surface area contributed by atoms with E-state index in [-0.39, 0.29) is 23.2 Å². The molecular formula is C17H19FN2O4S. The molecule has 0 saturated heterocycles. The summed E-state index contributed by atoms with van der Waals surface area (Å²) in [6.45, 7) is 2.51. The van der Waals surface area contributed by atoms with Crippen molar-refractivity contribution in [3.63, 3.8) is 0 Å². The van der Waals surface area contributed by atoms with E-state index in [0.717, 1.165) is 0 Å². The smallest absolute Gasteiger partial charge is 0.262 e. The van der Waals surface area contributed by atoms with E-state index in [1.165, 1.54) is 43.5 Å². The molecule has 1 N–H and O–H groups in total. The Morgan fingerprint density at radius 3 is 2.44 bits per heavy atom. The third kappa shape index (κ3) is 4.85. The lowest BCUT2D eigenvalue weighted by Gasteiger charge is -2.21. The van der Waals surface area contributed by atoms with Crippen molar-refractivity contribution in [1.82, 2.24) is 9.79 Å². The summed E-state index contributed by atoms with van der Waals surface area (Å²) in [6.07, 6.45) is 0. The average Bonchev–Trinajstić information content (AvgIpc) is 2.59. The molecule has 0 saturated carbocycles. The van der Waals surface area contributed by atoms with Crippen LogP contribution in [0.2, 0.25) is 0 Å². The van der Waals surface area contributed by atoms with Crippen LogP contribution in [0.25, 0.3) is 0 Å². The SMILES string of the molecule is CCN(Cc1cccc(F)c1)C(=O)c1ccc(S(=O)(=O)NOC)cc1. The molecule has 0 aliphatic rings. The lowest BCUT2D eigenvalue weighted by Crippen LogP contribution is -2.30. The zero-order valence-electron chi connectivity index (χ0n) is 13.9. The molecular weight excluding hydrogens is 347 g/mol. The molecule has 8 heteroatoms. The number of halogens is 1. The van der Waals surface area contributed by atoms with Crippen molar-refractivity contribution >= 4 is 15.9 Å². The number of carbonyl (C=O) groups excluding carboxylic acids is 1. The maximum atomic E-state index is 13.3. The summed E-state index contributed by atoms with van der Waals surface area (Å²) in [5.74, 6) is -0.628. The van der Waals surface area contributed by atoms with E-state index in [2.05, 4.69) is 4.84 Å². The zero-order chi connectivity index (χ0) is 18.4. The van der Waals surface area contributed by atoms with Gasteiger partial charge in [0.05, 0.1) is 12.0 Å². The third-order valence-electron chi connectivity index (χ3n) is 3.54. The fraction of sp³-hybridized carbons (Fsp3) is 0.235. The van der Waals surface area contributed by atoms with Gasteiger partial charge in [-0.1, -0.05) is 17.0 Å². The van der Waals surface area contributed by atoms with Gasteiger partial charge in [-0.25, -0.2) is 12.8 Å². The first kappa shape index (κ1) is 19.0. The summed E-state index contributed by atoms with van der Waals surface area (Å²) in [6, 6.07) is 11.6. The summed E-state index contributed by atoms with van der Waals surface area (Å²) in [4.78, 5) is 20.5. The van der Waals surface area contributed by atoms with Gasteiger partial charge in [-0.3, -0.25) is 9.63 Å². The maximum absolute atomic E-state index is 13.3. The molecule has 0 unspecified atom stereocenters. The number of amides is 1. The molecule has 2 aromatic carbocycles. The van der Waals surface area contributed by atoms with Crippen LogP contribution in [0.1, 0.15) is 22.8 Å². The maximum Gasteiger partial charge on any atom is 0.262 e. The number of hydrogen-bond donors (Lipinski definition) is 1. The second-order valence-electron chi connectivity index (χ2n) is 5.26. The second kappa shape index (κ2) is 8.19. The Labute approximate surface area is 146 Å². The molecule has 1 amide bonds. The molecule has 0 aliphatic carbocycles. The van der Waals surface area contributed by atoms with Gasteiger partial charge >= 0.3 is 0 Å². The Morgan fingerprint density at radius 2 is 1.88 bits per heavy atom. The average molecular weight is 366 g/mol.